The lowest BCUT2D eigenvalue weighted by atomic mass is 9.97. The van der Waals surface area contributed by atoms with Crippen molar-refractivity contribution in [1.29, 1.82) is 0 Å². The van der Waals surface area contributed by atoms with Crippen LogP contribution in [0.2, 0.25) is 0 Å². The summed E-state index contributed by atoms with van der Waals surface area (Å²) < 4.78 is 0. The second kappa shape index (κ2) is 8.71. The van der Waals surface area contributed by atoms with Crippen LogP contribution in [0.5, 0.6) is 0 Å². The molecule has 0 atom stereocenters. The number of carboxylic acids is 1. The predicted molar refractivity (Wildman–Crippen MR) is 94.2 cm³/mol. The fourth-order valence-corrected chi connectivity index (χ4v) is 3.00. The van der Waals surface area contributed by atoms with E-state index in [0.29, 0.717) is 38.4 Å². The first kappa shape index (κ1) is 18.3. The molecule has 0 unspecified atom stereocenters. The van der Waals surface area contributed by atoms with Gasteiger partial charge in [-0.05, 0) is 42.7 Å². The molecule has 2 amide bonds. The number of nitrogens with one attached hydrogen (secondary N) is 1. The van der Waals surface area contributed by atoms with Crippen molar-refractivity contribution < 1.29 is 14.7 Å². The zero-order chi connectivity index (χ0) is 17.5. The summed E-state index contributed by atoms with van der Waals surface area (Å²) >= 11 is 0. The Kier molecular flexibility index (Phi) is 6.64. The normalized spacial score (nSPS) is 15.5. The number of hydrogen-bond acceptors (Lipinski definition) is 2. The van der Waals surface area contributed by atoms with Gasteiger partial charge in [0, 0.05) is 19.6 Å². The van der Waals surface area contributed by atoms with Crippen molar-refractivity contribution in [2.24, 2.45) is 5.92 Å². The molecule has 132 valence electrons. The van der Waals surface area contributed by atoms with E-state index in [1.54, 1.807) is 4.90 Å². The largest absolute Gasteiger partial charge is 0.481 e. The van der Waals surface area contributed by atoms with E-state index in [1.807, 2.05) is 0 Å². The minimum Gasteiger partial charge on any atom is -0.481 e. The number of aliphatic carboxylic acids is 1. The summed E-state index contributed by atoms with van der Waals surface area (Å²) in [6.45, 7) is 6.07. The molecule has 0 aromatic heterocycles. The Bertz CT molecular complexity index is 546. The number of likely N-dealkylation sites (tertiary alicyclic amines) is 1. The van der Waals surface area contributed by atoms with Gasteiger partial charge in [-0.3, -0.25) is 4.79 Å². The average molecular weight is 332 g/mol. The molecule has 24 heavy (non-hydrogen) atoms. The van der Waals surface area contributed by atoms with Crippen molar-refractivity contribution >= 4 is 12.0 Å². The molecule has 0 radical (unpaired) electrons. The van der Waals surface area contributed by atoms with Crippen molar-refractivity contribution in [3.63, 3.8) is 0 Å². The van der Waals surface area contributed by atoms with E-state index in [4.69, 9.17) is 5.11 Å². The van der Waals surface area contributed by atoms with Crippen LogP contribution in [0, 0.1) is 5.92 Å². The molecule has 0 saturated carbocycles. The van der Waals surface area contributed by atoms with Gasteiger partial charge in [0.05, 0.1) is 5.92 Å². The number of amides is 2. The maximum absolute atomic E-state index is 12.1. The van der Waals surface area contributed by atoms with Gasteiger partial charge >= 0.3 is 12.0 Å². The highest BCUT2D eigenvalue weighted by atomic mass is 16.4. The van der Waals surface area contributed by atoms with Crippen molar-refractivity contribution in [2.75, 3.05) is 19.6 Å². The van der Waals surface area contributed by atoms with Crippen LogP contribution in [-0.4, -0.2) is 41.6 Å². The van der Waals surface area contributed by atoms with Gasteiger partial charge in [0.2, 0.25) is 0 Å². The van der Waals surface area contributed by atoms with Gasteiger partial charge in [-0.15, -0.1) is 0 Å². The smallest absolute Gasteiger partial charge is 0.317 e. The first-order chi connectivity index (χ1) is 11.5. The number of carbonyl (C=O) groups excluding carboxylic acids is 1. The van der Waals surface area contributed by atoms with E-state index in [-0.39, 0.29) is 11.9 Å². The molecule has 2 rings (SSSR count). The predicted octanol–water partition coefficient (Wildman–Crippen LogP) is 3.25. The summed E-state index contributed by atoms with van der Waals surface area (Å²) in [6.07, 6.45) is 2.94. The number of piperidine rings is 1. The molecule has 1 aliphatic heterocycles. The minimum absolute atomic E-state index is 0.0750. The maximum atomic E-state index is 12.1. The lowest BCUT2D eigenvalue weighted by Crippen LogP contribution is -2.45. The van der Waals surface area contributed by atoms with E-state index in [9.17, 15) is 9.59 Å². The fraction of sp³-hybridized carbons (Fsp3) is 0.579. The second-order valence-electron chi connectivity index (χ2n) is 6.83. The summed E-state index contributed by atoms with van der Waals surface area (Å²) in [7, 11) is 0. The van der Waals surface area contributed by atoms with Crippen LogP contribution < -0.4 is 5.32 Å². The molecule has 0 bridgehead atoms. The topological polar surface area (TPSA) is 69.6 Å². The Morgan fingerprint density at radius 3 is 2.38 bits per heavy atom. The van der Waals surface area contributed by atoms with E-state index >= 15 is 0 Å². The van der Waals surface area contributed by atoms with Crippen molar-refractivity contribution in [2.45, 2.75) is 45.4 Å². The molecule has 0 spiro atoms. The van der Waals surface area contributed by atoms with Crippen molar-refractivity contribution in [1.82, 2.24) is 10.2 Å². The van der Waals surface area contributed by atoms with Gasteiger partial charge in [0.1, 0.15) is 0 Å². The third-order valence-electron chi connectivity index (χ3n) is 4.70. The maximum Gasteiger partial charge on any atom is 0.317 e. The molecule has 1 saturated heterocycles. The molecular weight excluding hydrogens is 304 g/mol. The summed E-state index contributed by atoms with van der Waals surface area (Å²) in [5, 5.41) is 11.9. The second-order valence-corrected chi connectivity index (χ2v) is 6.83. The number of aryl methyl sites for hydroxylation is 1. The van der Waals surface area contributed by atoms with Gasteiger partial charge in [-0.1, -0.05) is 38.1 Å². The monoisotopic (exact) mass is 332 g/mol. The molecule has 1 aromatic rings. The number of rotatable bonds is 6. The molecule has 0 aliphatic carbocycles. The van der Waals surface area contributed by atoms with Gasteiger partial charge in [0.15, 0.2) is 0 Å². The number of benzene rings is 1. The van der Waals surface area contributed by atoms with Crippen LogP contribution in [0.25, 0.3) is 0 Å². The number of urea groups is 1. The highest BCUT2D eigenvalue weighted by Crippen LogP contribution is 2.17. The number of hydrogen-bond donors (Lipinski definition) is 2. The van der Waals surface area contributed by atoms with E-state index in [1.165, 1.54) is 11.1 Å². The van der Waals surface area contributed by atoms with Gasteiger partial charge in [0.25, 0.3) is 0 Å². The third kappa shape index (κ3) is 5.25. The van der Waals surface area contributed by atoms with Crippen LogP contribution >= 0.6 is 0 Å². The first-order valence-electron chi connectivity index (χ1n) is 8.81. The Hall–Kier alpha value is -2.04. The molecule has 1 aliphatic rings. The molecular formula is C19H28N2O3. The Morgan fingerprint density at radius 2 is 1.83 bits per heavy atom. The summed E-state index contributed by atoms with van der Waals surface area (Å²) in [4.78, 5) is 24.7. The minimum atomic E-state index is -0.751. The molecule has 1 aromatic carbocycles. The lowest BCUT2D eigenvalue weighted by Gasteiger charge is -2.30. The molecule has 1 fully saturated rings. The van der Waals surface area contributed by atoms with Crippen LogP contribution in [0.4, 0.5) is 4.79 Å². The van der Waals surface area contributed by atoms with Crippen LogP contribution in [-0.2, 0) is 11.2 Å². The number of nitrogens with zero attached hydrogens (tertiary/aromatic N) is 1. The van der Waals surface area contributed by atoms with E-state index in [2.05, 4.69) is 43.4 Å². The molecule has 5 heteroatoms. The standard InChI is InChI=1S/C19H28N2O3/c1-14(2)16-7-5-15(6-8-16)4-3-11-20-19(24)21-12-9-17(10-13-21)18(22)23/h5-8,14,17H,3-4,9-13H2,1-2H3,(H,20,24)(H,22,23). The van der Waals surface area contributed by atoms with Crippen molar-refractivity contribution in [3.8, 4) is 0 Å². The fourth-order valence-electron chi connectivity index (χ4n) is 3.00. The van der Waals surface area contributed by atoms with E-state index < -0.39 is 5.97 Å². The average Bonchev–Trinajstić information content (AvgIpc) is 2.59. The molecule has 2 N–H and O–H groups in total. The highest BCUT2D eigenvalue weighted by Gasteiger charge is 2.26. The van der Waals surface area contributed by atoms with Crippen molar-refractivity contribution in [3.05, 3.63) is 35.4 Å². The summed E-state index contributed by atoms with van der Waals surface area (Å²) in [5.41, 5.74) is 2.63. The summed E-state index contributed by atoms with van der Waals surface area (Å²) in [6, 6.07) is 8.59. The molecule has 5 nitrogen and oxygen atoms in total. The number of carboxylic acid groups (broad SMARTS) is 1. The third-order valence-corrected chi connectivity index (χ3v) is 4.70. The van der Waals surface area contributed by atoms with Gasteiger partial charge in [-0.25, -0.2) is 4.79 Å². The zero-order valence-corrected chi connectivity index (χ0v) is 14.6. The van der Waals surface area contributed by atoms with E-state index in [0.717, 1.165) is 12.8 Å². The van der Waals surface area contributed by atoms with Crippen LogP contribution in [0.3, 0.4) is 0 Å². The summed E-state index contributed by atoms with van der Waals surface area (Å²) in [5.74, 6) is -0.509. The zero-order valence-electron chi connectivity index (χ0n) is 14.6. The van der Waals surface area contributed by atoms with Gasteiger partial charge < -0.3 is 15.3 Å². The Labute approximate surface area is 144 Å². The lowest BCUT2D eigenvalue weighted by molar-refractivity contribution is -0.143. The SMILES string of the molecule is CC(C)c1ccc(CCCNC(=O)N2CCC(C(=O)O)CC2)cc1. The van der Waals surface area contributed by atoms with Crippen LogP contribution in [0.15, 0.2) is 24.3 Å². The van der Waals surface area contributed by atoms with Crippen LogP contribution in [0.1, 0.15) is 50.2 Å². The number of carbonyl (C=O) groups is 2. The highest BCUT2D eigenvalue weighted by molar-refractivity contribution is 5.75. The first-order valence-corrected chi connectivity index (χ1v) is 8.81. The Morgan fingerprint density at radius 1 is 1.21 bits per heavy atom. The molecule has 1 heterocycles. The van der Waals surface area contributed by atoms with Gasteiger partial charge in [-0.2, -0.15) is 0 Å². The Balaban J connectivity index is 1.65. The quantitative estimate of drug-likeness (QED) is 0.786.